The van der Waals surface area contributed by atoms with Crippen LogP contribution >= 0.6 is 11.8 Å². The average molecular weight is 449 g/mol. The van der Waals surface area contributed by atoms with Gasteiger partial charge in [-0.2, -0.15) is 0 Å². The standard InChI is InChI=1S/C17H28N4O4S3/c1-5-6-11-21-16-9-8-14(28(24,25)20(2)3)13-15(16)19-17(21)26-12-7-10-18-27(4,22)23/h8-9,13,18H,5-7,10-12H2,1-4H3. The van der Waals surface area contributed by atoms with Gasteiger partial charge in [0.1, 0.15) is 0 Å². The molecule has 0 fully saturated rings. The number of hydrogen-bond donors (Lipinski definition) is 1. The van der Waals surface area contributed by atoms with E-state index < -0.39 is 20.0 Å². The summed E-state index contributed by atoms with van der Waals surface area (Å²) in [5.41, 5.74) is 1.55. The minimum Gasteiger partial charge on any atom is -0.319 e. The zero-order chi connectivity index (χ0) is 20.9. The van der Waals surface area contributed by atoms with E-state index in [1.54, 1.807) is 23.9 Å². The molecule has 28 heavy (non-hydrogen) atoms. The monoisotopic (exact) mass is 448 g/mol. The molecule has 0 bridgehead atoms. The van der Waals surface area contributed by atoms with Crippen LogP contribution in [-0.2, 0) is 26.6 Å². The second-order valence-electron chi connectivity index (χ2n) is 6.71. The average Bonchev–Trinajstić information content (AvgIpc) is 2.95. The molecule has 1 N–H and O–H groups in total. The molecular formula is C17H28N4O4S3. The number of imidazole rings is 1. The summed E-state index contributed by atoms with van der Waals surface area (Å²) in [4.78, 5) is 4.87. The largest absolute Gasteiger partial charge is 0.319 e. The molecule has 0 spiro atoms. The van der Waals surface area contributed by atoms with Gasteiger partial charge in [-0.25, -0.2) is 30.8 Å². The molecule has 0 aliphatic carbocycles. The number of nitrogens with one attached hydrogen (secondary N) is 1. The molecule has 1 heterocycles. The second kappa shape index (κ2) is 9.57. The highest BCUT2D eigenvalue weighted by atomic mass is 32.2. The van der Waals surface area contributed by atoms with E-state index in [1.807, 2.05) is 6.07 Å². The lowest BCUT2D eigenvalue weighted by Crippen LogP contribution is -2.23. The third-order valence-electron chi connectivity index (χ3n) is 4.12. The number of aromatic nitrogens is 2. The lowest BCUT2D eigenvalue weighted by atomic mass is 10.3. The first kappa shape index (κ1) is 23.1. The Bertz CT molecular complexity index is 1010. The zero-order valence-electron chi connectivity index (χ0n) is 16.7. The van der Waals surface area contributed by atoms with E-state index >= 15 is 0 Å². The van der Waals surface area contributed by atoms with Crippen LogP contribution in [0.5, 0.6) is 0 Å². The highest BCUT2D eigenvalue weighted by molar-refractivity contribution is 7.99. The number of benzene rings is 1. The van der Waals surface area contributed by atoms with Crippen molar-refractivity contribution in [3.8, 4) is 0 Å². The second-order valence-corrected chi connectivity index (χ2v) is 11.8. The normalized spacial score (nSPS) is 12.9. The van der Waals surface area contributed by atoms with Crippen molar-refractivity contribution in [2.75, 3.05) is 32.6 Å². The van der Waals surface area contributed by atoms with Gasteiger partial charge in [-0.05, 0) is 31.0 Å². The smallest absolute Gasteiger partial charge is 0.242 e. The molecule has 0 amide bonds. The van der Waals surface area contributed by atoms with Gasteiger partial charge >= 0.3 is 0 Å². The summed E-state index contributed by atoms with van der Waals surface area (Å²) in [5.74, 6) is 0.709. The molecule has 0 saturated heterocycles. The number of unbranched alkanes of at least 4 members (excludes halogenated alkanes) is 1. The fourth-order valence-corrected chi connectivity index (χ4v) is 5.01. The van der Waals surface area contributed by atoms with Gasteiger partial charge in [-0.3, -0.25) is 0 Å². The molecule has 0 aliphatic rings. The third-order valence-corrected chi connectivity index (χ3v) is 7.72. The molecule has 1 aromatic heterocycles. The maximum atomic E-state index is 12.4. The molecule has 2 rings (SSSR count). The maximum absolute atomic E-state index is 12.4. The summed E-state index contributed by atoms with van der Waals surface area (Å²) in [6.45, 7) is 3.30. The highest BCUT2D eigenvalue weighted by Crippen LogP contribution is 2.27. The van der Waals surface area contributed by atoms with Gasteiger partial charge in [0.25, 0.3) is 0 Å². The summed E-state index contributed by atoms with van der Waals surface area (Å²) < 4.78 is 52.8. The molecule has 0 aliphatic heterocycles. The van der Waals surface area contributed by atoms with Crippen molar-refractivity contribution in [3.63, 3.8) is 0 Å². The molecule has 0 radical (unpaired) electrons. The lowest BCUT2D eigenvalue weighted by molar-refractivity contribution is 0.521. The van der Waals surface area contributed by atoms with Gasteiger partial charge in [0, 0.05) is 32.9 Å². The van der Waals surface area contributed by atoms with Crippen LogP contribution < -0.4 is 4.72 Å². The predicted molar refractivity (Wildman–Crippen MR) is 114 cm³/mol. The first-order valence-corrected chi connectivity index (χ1v) is 13.4. The Kier molecular flexibility index (Phi) is 7.91. The molecule has 158 valence electrons. The van der Waals surface area contributed by atoms with Crippen LogP contribution in [0.3, 0.4) is 0 Å². The topological polar surface area (TPSA) is 101 Å². The van der Waals surface area contributed by atoms with Gasteiger partial charge in [0.2, 0.25) is 20.0 Å². The molecular weight excluding hydrogens is 420 g/mol. The van der Waals surface area contributed by atoms with Gasteiger partial charge in [-0.15, -0.1) is 0 Å². The quantitative estimate of drug-likeness (QED) is 0.417. The number of nitrogens with zero attached hydrogens (tertiary/aromatic N) is 3. The van der Waals surface area contributed by atoms with Crippen molar-refractivity contribution in [1.29, 1.82) is 0 Å². The van der Waals surface area contributed by atoms with Crippen molar-refractivity contribution >= 4 is 42.8 Å². The van der Waals surface area contributed by atoms with E-state index in [0.717, 1.165) is 36.3 Å². The van der Waals surface area contributed by atoms with E-state index in [2.05, 4.69) is 21.2 Å². The summed E-state index contributed by atoms with van der Waals surface area (Å²) in [5, 5.41) is 0.821. The van der Waals surface area contributed by atoms with Crippen LogP contribution in [0.15, 0.2) is 28.3 Å². The van der Waals surface area contributed by atoms with Gasteiger partial charge < -0.3 is 4.57 Å². The Balaban J connectivity index is 2.25. The Morgan fingerprint density at radius 2 is 1.89 bits per heavy atom. The van der Waals surface area contributed by atoms with Crippen LogP contribution in [0.2, 0.25) is 0 Å². The molecule has 0 atom stereocenters. The first-order chi connectivity index (χ1) is 13.1. The van der Waals surface area contributed by atoms with Gasteiger partial charge in [0.15, 0.2) is 5.16 Å². The number of thioether (sulfide) groups is 1. The van der Waals surface area contributed by atoms with Gasteiger partial charge in [0.05, 0.1) is 22.2 Å². The predicted octanol–water partition coefficient (Wildman–Crippen LogP) is 2.12. The number of aryl methyl sites for hydroxylation is 1. The van der Waals surface area contributed by atoms with Crippen LogP contribution in [0.25, 0.3) is 11.0 Å². The van der Waals surface area contributed by atoms with Gasteiger partial charge in [-0.1, -0.05) is 25.1 Å². The molecule has 1 aromatic carbocycles. The third kappa shape index (κ3) is 5.93. The molecule has 0 saturated carbocycles. The zero-order valence-corrected chi connectivity index (χ0v) is 19.1. The van der Waals surface area contributed by atoms with Crippen molar-refractivity contribution < 1.29 is 16.8 Å². The minimum absolute atomic E-state index is 0.221. The SMILES string of the molecule is CCCCn1c(SCCCNS(C)(=O)=O)nc2cc(S(=O)(=O)N(C)C)ccc21. The van der Waals surface area contributed by atoms with Crippen molar-refractivity contribution in [1.82, 2.24) is 18.6 Å². The van der Waals surface area contributed by atoms with Crippen LogP contribution in [0, 0.1) is 0 Å². The first-order valence-electron chi connectivity index (χ1n) is 9.06. The van der Waals surface area contributed by atoms with E-state index in [4.69, 9.17) is 0 Å². The summed E-state index contributed by atoms with van der Waals surface area (Å²) in [7, 11) is -3.68. The van der Waals surface area contributed by atoms with E-state index in [0.29, 0.717) is 24.2 Å². The Labute approximate surface area is 171 Å². The minimum atomic E-state index is -3.52. The fraction of sp³-hybridized carbons (Fsp3) is 0.588. The van der Waals surface area contributed by atoms with Crippen LogP contribution in [0.4, 0.5) is 0 Å². The van der Waals surface area contributed by atoms with Crippen molar-refractivity contribution in [3.05, 3.63) is 18.2 Å². The maximum Gasteiger partial charge on any atom is 0.242 e. The number of sulfonamides is 2. The molecule has 8 nitrogen and oxygen atoms in total. The molecule has 0 unspecified atom stereocenters. The van der Waals surface area contributed by atoms with Crippen LogP contribution in [-0.4, -0.2) is 63.3 Å². The summed E-state index contributed by atoms with van der Waals surface area (Å²) >= 11 is 1.55. The Morgan fingerprint density at radius 3 is 2.50 bits per heavy atom. The fourth-order valence-electron chi connectivity index (χ4n) is 2.59. The number of rotatable bonds is 11. The highest BCUT2D eigenvalue weighted by Gasteiger charge is 2.19. The van der Waals surface area contributed by atoms with Crippen molar-refractivity contribution in [2.24, 2.45) is 0 Å². The Hall–Kier alpha value is -1.14. The number of fused-ring (bicyclic) bond motifs is 1. The van der Waals surface area contributed by atoms with E-state index in [1.165, 1.54) is 18.4 Å². The lowest BCUT2D eigenvalue weighted by Gasteiger charge is -2.11. The van der Waals surface area contributed by atoms with Crippen molar-refractivity contribution in [2.45, 2.75) is 42.8 Å². The Morgan fingerprint density at radius 1 is 1.18 bits per heavy atom. The molecule has 11 heteroatoms. The molecule has 2 aromatic rings. The summed E-state index contributed by atoms with van der Waals surface area (Å²) in [6, 6.07) is 5.04. The van der Waals surface area contributed by atoms with E-state index in [9.17, 15) is 16.8 Å². The number of hydrogen-bond acceptors (Lipinski definition) is 6. The van der Waals surface area contributed by atoms with E-state index in [-0.39, 0.29) is 4.90 Å². The van der Waals surface area contributed by atoms with Crippen LogP contribution in [0.1, 0.15) is 26.2 Å². The summed E-state index contributed by atoms with van der Waals surface area (Å²) in [6.07, 6.45) is 3.85.